The number of para-hydroxylation sites is 2. The van der Waals surface area contributed by atoms with Gasteiger partial charge in [-0.3, -0.25) is 9.59 Å². The topological polar surface area (TPSA) is 49.9 Å². The second kappa shape index (κ2) is 9.21. The lowest BCUT2D eigenvalue weighted by Gasteiger charge is -2.36. The first-order chi connectivity index (χ1) is 13.2. The average Bonchev–Trinajstić information content (AvgIpc) is 2.73. The molecule has 1 aliphatic heterocycles. The number of amides is 1. The highest BCUT2D eigenvalue weighted by Crippen LogP contribution is 2.28. The molecule has 0 radical (unpaired) electrons. The van der Waals surface area contributed by atoms with Gasteiger partial charge >= 0.3 is 0 Å². The first kappa shape index (κ1) is 19.0. The SMILES string of the molecule is CCOc1ccccc1N1CCN(C(=O)CCC(=O)c2ccccc2)CC1. The molecule has 5 nitrogen and oxygen atoms in total. The Morgan fingerprint density at radius 3 is 2.26 bits per heavy atom. The summed E-state index contributed by atoms with van der Waals surface area (Å²) in [5.41, 5.74) is 1.74. The van der Waals surface area contributed by atoms with Crippen molar-refractivity contribution in [3.63, 3.8) is 0 Å². The number of carbonyl (C=O) groups is 2. The minimum Gasteiger partial charge on any atom is -0.492 e. The molecule has 0 saturated carbocycles. The van der Waals surface area contributed by atoms with Crippen LogP contribution in [0, 0.1) is 0 Å². The molecule has 142 valence electrons. The molecule has 0 unspecified atom stereocenters. The van der Waals surface area contributed by atoms with Crippen LogP contribution in [-0.4, -0.2) is 49.4 Å². The van der Waals surface area contributed by atoms with E-state index in [1.165, 1.54) is 0 Å². The van der Waals surface area contributed by atoms with Crippen molar-refractivity contribution in [3.8, 4) is 5.75 Å². The van der Waals surface area contributed by atoms with Crippen LogP contribution < -0.4 is 9.64 Å². The van der Waals surface area contributed by atoms with E-state index in [4.69, 9.17) is 4.74 Å². The smallest absolute Gasteiger partial charge is 0.223 e. The molecule has 1 fully saturated rings. The van der Waals surface area contributed by atoms with Gasteiger partial charge in [-0.1, -0.05) is 42.5 Å². The summed E-state index contributed by atoms with van der Waals surface area (Å²) >= 11 is 0. The van der Waals surface area contributed by atoms with Gasteiger partial charge in [0, 0.05) is 44.6 Å². The second-order valence-electron chi connectivity index (χ2n) is 6.56. The summed E-state index contributed by atoms with van der Waals surface area (Å²) in [6, 6.07) is 17.2. The summed E-state index contributed by atoms with van der Waals surface area (Å²) in [5.74, 6) is 0.957. The molecule has 2 aromatic carbocycles. The van der Waals surface area contributed by atoms with E-state index in [-0.39, 0.29) is 24.5 Å². The van der Waals surface area contributed by atoms with E-state index in [2.05, 4.69) is 11.0 Å². The van der Waals surface area contributed by atoms with Gasteiger partial charge in [0.2, 0.25) is 5.91 Å². The minimum absolute atomic E-state index is 0.0215. The molecule has 0 atom stereocenters. The maximum Gasteiger partial charge on any atom is 0.223 e. The van der Waals surface area contributed by atoms with Gasteiger partial charge in [0.15, 0.2) is 5.78 Å². The number of hydrogen-bond acceptors (Lipinski definition) is 4. The van der Waals surface area contributed by atoms with Crippen LogP contribution in [0.1, 0.15) is 30.1 Å². The van der Waals surface area contributed by atoms with E-state index in [0.717, 1.165) is 24.5 Å². The lowest BCUT2D eigenvalue weighted by molar-refractivity contribution is -0.131. The monoisotopic (exact) mass is 366 g/mol. The Balaban J connectivity index is 1.50. The van der Waals surface area contributed by atoms with Crippen molar-refractivity contribution in [1.29, 1.82) is 0 Å². The van der Waals surface area contributed by atoms with Crippen LogP contribution in [0.15, 0.2) is 54.6 Å². The second-order valence-corrected chi connectivity index (χ2v) is 6.56. The molecule has 1 heterocycles. The van der Waals surface area contributed by atoms with Crippen molar-refractivity contribution in [1.82, 2.24) is 4.90 Å². The zero-order valence-corrected chi connectivity index (χ0v) is 15.8. The van der Waals surface area contributed by atoms with Crippen LogP contribution in [0.5, 0.6) is 5.75 Å². The molecule has 1 amide bonds. The van der Waals surface area contributed by atoms with Crippen LogP contribution in [0.3, 0.4) is 0 Å². The van der Waals surface area contributed by atoms with Gasteiger partial charge in [0.25, 0.3) is 0 Å². The molecule has 27 heavy (non-hydrogen) atoms. The third-order valence-corrected chi connectivity index (χ3v) is 4.80. The van der Waals surface area contributed by atoms with Gasteiger partial charge in [-0.05, 0) is 19.1 Å². The largest absolute Gasteiger partial charge is 0.492 e. The predicted molar refractivity (Wildman–Crippen MR) is 106 cm³/mol. The Kier molecular flexibility index (Phi) is 6.47. The van der Waals surface area contributed by atoms with Crippen LogP contribution in [-0.2, 0) is 4.79 Å². The zero-order chi connectivity index (χ0) is 19.1. The standard InChI is InChI=1S/C22H26N2O3/c1-2-27-21-11-7-6-10-19(21)23-14-16-24(17-15-23)22(26)13-12-20(25)18-8-4-3-5-9-18/h3-11H,2,12-17H2,1H3. The Bertz CT molecular complexity index is 768. The Morgan fingerprint density at radius 1 is 0.889 bits per heavy atom. The van der Waals surface area contributed by atoms with E-state index < -0.39 is 0 Å². The highest BCUT2D eigenvalue weighted by atomic mass is 16.5. The van der Waals surface area contributed by atoms with Gasteiger partial charge in [-0.2, -0.15) is 0 Å². The predicted octanol–water partition coefficient (Wildman–Crippen LogP) is 3.40. The van der Waals surface area contributed by atoms with Crippen molar-refractivity contribution in [2.45, 2.75) is 19.8 Å². The molecule has 0 aromatic heterocycles. The average molecular weight is 366 g/mol. The molecular weight excluding hydrogens is 340 g/mol. The maximum atomic E-state index is 12.5. The first-order valence-electron chi connectivity index (χ1n) is 9.52. The number of benzene rings is 2. The van der Waals surface area contributed by atoms with Crippen molar-refractivity contribution < 1.29 is 14.3 Å². The highest BCUT2D eigenvalue weighted by molar-refractivity contribution is 5.97. The number of rotatable bonds is 7. The third-order valence-electron chi connectivity index (χ3n) is 4.80. The van der Waals surface area contributed by atoms with Gasteiger partial charge < -0.3 is 14.5 Å². The summed E-state index contributed by atoms with van der Waals surface area (Å²) in [6.07, 6.45) is 0.527. The third kappa shape index (κ3) is 4.88. The summed E-state index contributed by atoms with van der Waals surface area (Å²) < 4.78 is 5.71. The molecule has 2 aromatic rings. The number of piperazine rings is 1. The molecule has 1 saturated heterocycles. The van der Waals surface area contributed by atoms with E-state index in [1.807, 2.05) is 48.2 Å². The Labute approximate surface area is 160 Å². The first-order valence-corrected chi connectivity index (χ1v) is 9.52. The van der Waals surface area contributed by atoms with Crippen molar-refractivity contribution in [2.24, 2.45) is 0 Å². The van der Waals surface area contributed by atoms with Crippen LogP contribution in [0.2, 0.25) is 0 Å². The molecule has 0 aliphatic carbocycles. The number of Topliss-reactive ketones (excluding diaryl/α,β-unsaturated/α-hetero) is 1. The Hall–Kier alpha value is -2.82. The van der Waals surface area contributed by atoms with Crippen LogP contribution in [0.4, 0.5) is 5.69 Å². The zero-order valence-electron chi connectivity index (χ0n) is 15.8. The van der Waals surface area contributed by atoms with E-state index >= 15 is 0 Å². The van der Waals surface area contributed by atoms with Crippen molar-refractivity contribution in [2.75, 3.05) is 37.7 Å². The molecule has 0 N–H and O–H groups in total. The highest BCUT2D eigenvalue weighted by Gasteiger charge is 2.23. The fraction of sp³-hybridized carbons (Fsp3) is 0.364. The summed E-state index contributed by atoms with van der Waals surface area (Å²) in [7, 11) is 0. The molecule has 0 spiro atoms. The molecule has 0 bridgehead atoms. The number of ketones is 1. The van der Waals surface area contributed by atoms with Crippen molar-refractivity contribution in [3.05, 3.63) is 60.2 Å². The maximum absolute atomic E-state index is 12.5. The fourth-order valence-electron chi connectivity index (χ4n) is 3.34. The molecular formula is C22H26N2O3. The number of carbonyl (C=O) groups excluding carboxylic acids is 2. The van der Waals surface area contributed by atoms with E-state index in [1.54, 1.807) is 12.1 Å². The van der Waals surface area contributed by atoms with E-state index in [9.17, 15) is 9.59 Å². The lowest BCUT2D eigenvalue weighted by atomic mass is 10.1. The van der Waals surface area contributed by atoms with Gasteiger partial charge in [0.1, 0.15) is 5.75 Å². The van der Waals surface area contributed by atoms with Gasteiger partial charge in [-0.25, -0.2) is 0 Å². The quantitative estimate of drug-likeness (QED) is 0.705. The van der Waals surface area contributed by atoms with E-state index in [0.29, 0.717) is 25.3 Å². The minimum atomic E-state index is 0.0215. The molecule has 5 heteroatoms. The summed E-state index contributed by atoms with van der Waals surface area (Å²) in [4.78, 5) is 28.8. The number of nitrogens with zero attached hydrogens (tertiary/aromatic N) is 2. The Morgan fingerprint density at radius 2 is 1.56 bits per heavy atom. The van der Waals surface area contributed by atoms with Crippen molar-refractivity contribution >= 4 is 17.4 Å². The van der Waals surface area contributed by atoms with Gasteiger partial charge in [-0.15, -0.1) is 0 Å². The normalized spacial score (nSPS) is 14.1. The molecule has 1 aliphatic rings. The molecule has 3 rings (SSSR count). The van der Waals surface area contributed by atoms with Crippen LogP contribution >= 0.6 is 0 Å². The summed E-state index contributed by atoms with van der Waals surface area (Å²) in [6.45, 7) is 5.47. The number of anilines is 1. The van der Waals surface area contributed by atoms with Crippen LogP contribution in [0.25, 0.3) is 0 Å². The fourth-order valence-corrected chi connectivity index (χ4v) is 3.34. The van der Waals surface area contributed by atoms with Gasteiger partial charge in [0.05, 0.1) is 12.3 Å². The lowest BCUT2D eigenvalue weighted by Crippen LogP contribution is -2.48. The number of hydrogen-bond donors (Lipinski definition) is 0. The number of ether oxygens (including phenoxy) is 1. The summed E-state index contributed by atoms with van der Waals surface area (Å²) in [5, 5.41) is 0.